The first-order valence-electron chi connectivity index (χ1n) is 11.7. The van der Waals surface area contributed by atoms with Crippen LogP contribution in [0.3, 0.4) is 0 Å². The first-order valence-corrected chi connectivity index (χ1v) is 11.7. The van der Waals surface area contributed by atoms with Gasteiger partial charge in [0.25, 0.3) is 6.33 Å². The van der Waals surface area contributed by atoms with Crippen LogP contribution in [0.15, 0.2) is 12.7 Å². The molecule has 0 N–H and O–H groups in total. The maximum Gasteiger partial charge on any atom is 0.265 e. The van der Waals surface area contributed by atoms with E-state index in [1.165, 1.54) is 77.0 Å². The lowest BCUT2D eigenvalue weighted by Gasteiger charge is -2.55. The van der Waals surface area contributed by atoms with Crippen molar-refractivity contribution in [3.8, 4) is 0 Å². The van der Waals surface area contributed by atoms with Crippen molar-refractivity contribution in [2.45, 2.75) is 88.1 Å². The van der Waals surface area contributed by atoms with E-state index in [-0.39, 0.29) is 0 Å². The van der Waals surface area contributed by atoms with Gasteiger partial charge in [0.1, 0.15) is 5.54 Å². The standard InChI is InChI=1S/C22H32N3.NO3/c1-15-2-17-3-16(1)8-21(7-15,9-17)24-13-23-25(14-24)22-10-18-4-19(11-22)6-20(5-18)12-22;2-1(3)4/h13-20H,1-12H2;/q+1;-1. The predicted molar refractivity (Wildman–Crippen MR) is 105 cm³/mol. The van der Waals surface area contributed by atoms with Crippen LogP contribution < -0.4 is 4.57 Å². The molecule has 0 spiro atoms. The molecule has 0 aliphatic heterocycles. The first kappa shape index (κ1) is 18.1. The van der Waals surface area contributed by atoms with E-state index in [9.17, 15) is 0 Å². The zero-order valence-electron chi connectivity index (χ0n) is 17.1. The molecule has 9 rings (SSSR count). The van der Waals surface area contributed by atoms with Gasteiger partial charge in [-0.05, 0) is 113 Å². The fourth-order valence-corrected chi connectivity index (χ4v) is 9.51. The molecular formula is C22H32N4O3. The summed E-state index contributed by atoms with van der Waals surface area (Å²) in [6.07, 6.45) is 22.5. The van der Waals surface area contributed by atoms with Crippen molar-refractivity contribution >= 4 is 0 Å². The molecule has 1 heterocycles. The third-order valence-electron chi connectivity index (χ3n) is 9.58. The smallest absolute Gasteiger partial charge is 0.265 e. The van der Waals surface area contributed by atoms with Crippen molar-refractivity contribution in [2.24, 2.45) is 35.5 Å². The second-order valence-corrected chi connectivity index (χ2v) is 11.6. The number of aromatic nitrogens is 3. The number of hydrogen-bond acceptors (Lipinski definition) is 4. The summed E-state index contributed by atoms with van der Waals surface area (Å²) in [6, 6.07) is 0. The SMILES string of the molecule is O=[N+]([O-])[O-].c1nn(C23CC4CC(CC(C4)C2)C3)c[n+]1C12CC3CC(CC(C3)C1)C2. The summed E-state index contributed by atoms with van der Waals surface area (Å²) in [6.45, 7) is 0. The summed E-state index contributed by atoms with van der Waals surface area (Å²) < 4.78 is 5.10. The van der Waals surface area contributed by atoms with Gasteiger partial charge in [0.15, 0.2) is 0 Å². The van der Waals surface area contributed by atoms with Crippen LogP contribution in [0.2, 0.25) is 0 Å². The van der Waals surface area contributed by atoms with Crippen molar-refractivity contribution in [3.05, 3.63) is 28.0 Å². The van der Waals surface area contributed by atoms with Crippen molar-refractivity contribution in [3.63, 3.8) is 0 Å². The fraction of sp³-hybridized carbons (Fsp3) is 0.909. The van der Waals surface area contributed by atoms with Crippen LogP contribution in [0, 0.1) is 50.8 Å². The van der Waals surface area contributed by atoms with Crippen LogP contribution in [0.1, 0.15) is 77.0 Å². The van der Waals surface area contributed by atoms with Crippen LogP contribution >= 0.6 is 0 Å². The minimum atomic E-state index is -1.75. The highest BCUT2D eigenvalue weighted by molar-refractivity contribution is 5.04. The molecule has 29 heavy (non-hydrogen) atoms. The topological polar surface area (TPSA) is 87.9 Å². The number of rotatable bonds is 2. The monoisotopic (exact) mass is 400 g/mol. The Morgan fingerprint density at radius 2 is 1.17 bits per heavy atom. The summed E-state index contributed by atoms with van der Waals surface area (Å²) in [5, 5.41) is 19.8. The first-order chi connectivity index (χ1) is 13.9. The average Bonchev–Trinajstić information content (AvgIpc) is 3.10. The van der Waals surface area contributed by atoms with Gasteiger partial charge in [-0.1, -0.05) is 0 Å². The molecule has 8 saturated carbocycles. The van der Waals surface area contributed by atoms with E-state index < -0.39 is 5.09 Å². The molecule has 8 aliphatic rings. The van der Waals surface area contributed by atoms with Crippen molar-refractivity contribution in [1.82, 2.24) is 9.78 Å². The molecule has 0 amide bonds. The predicted octanol–water partition coefficient (Wildman–Crippen LogP) is 3.78. The number of nitrogens with zero attached hydrogens (tertiary/aromatic N) is 4. The van der Waals surface area contributed by atoms with Crippen LogP contribution in [0.25, 0.3) is 0 Å². The average molecular weight is 401 g/mol. The highest BCUT2D eigenvalue weighted by Gasteiger charge is 2.57. The second kappa shape index (κ2) is 6.17. The normalized spacial score (nSPS) is 48.4. The van der Waals surface area contributed by atoms with Gasteiger partial charge in [0.05, 0.1) is 10.6 Å². The van der Waals surface area contributed by atoms with Gasteiger partial charge in [0, 0.05) is 5.10 Å². The minimum Gasteiger partial charge on any atom is -0.356 e. The highest BCUT2D eigenvalue weighted by atomic mass is 16.9. The highest BCUT2D eigenvalue weighted by Crippen LogP contribution is 2.59. The van der Waals surface area contributed by atoms with Crippen LogP contribution in [-0.2, 0) is 11.1 Å². The molecular weight excluding hydrogens is 368 g/mol. The maximum atomic E-state index is 8.25. The largest absolute Gasteiger partial charge is 0.356 e. The van der Waals surface area contributed by atoms with Crippen molar-refractivity contribution in [1.29, 1.82) is 0 Å². The van der Waals surface area contributed by atoms with Crippen LogP contribution in [-0.4, -0.2) is 14.9 Å². The Bertz CT molecular complexity index is 686. The quantitative estimate of drug-likeness (QED) is 0.429. The molecule has 8 fully saturated rings. The van der Waals surface area contributed by atoms with Gasteiger partial charge in [-0.3, -0.25) is 0 Å². The Hall–Kier alpha value is -1.66. The summed E-state index contributed by atoms with van der Waals surface area (Å²) in [7, 11) is 0. The third kappa shape index (κ3) is 2.90. The van der Waals surface area contributed by atoms with Gasteiger partial charge < -0.3 is 15.3 Å². The Balaban J connectivity index is 0.000000382. The van der Waals surface area contributed by atoms with Crippen molar-refractivity contribution in [2.75, 3.05) is 0 Å². The molecule has 1 aromatic rings. The third-order valence-corrected chi connectivity index (χ3v) is 9.58. The second-order valence-electron chi connectivity index (χ2n) is 11.6. The van der Waals surface area contributed by atoms with E-state index in [1.54, 1.807) is 0 Å². The van der Waals surface area contributed by atoms with E-state index in [2.05, 4.69) is 21.9 Å². The molecule has 0 saturated heterocycles. The van der Waals surface area contributed by atoms with E-state index >= 15 is 0 Å². The Morgan fingerprint density at radius 1 is 0.793 bits per heavy atom. The van der Waals surface area contributed by atoms with Gasteiger partial charge in [-0.2, -0.15) is 0 Å². The maximum absolute atomic E-state index is 8.25. The lowest BCUT2D eigenvalue weighted by molar-refractivity contribution is -0.777. The summed E-state index contributed by atoms with van der Waals surface area (Å²) in [5.41, 5.74) is 0.831. The Morgan fingerprint density at radius 3 is 1.59 bits per heavy atom. The van der Waals surface area contributed by atoms with E-state index in [1.807, 2.05) is 0 Å². The molecule has 7 heteroatoms. The van der Waals surface area contributed by atoms with Gasteiger partial charge >= 0.3 is 0 Å². The van der Waals surface area contributed by atoms with E-state index in [4.69, 9.17) is 20.4 Å². The minimum absolute atomic E-state index is 0.391. The van der Waals surface area contributed by atoms with Crippen LogP contribution in [0.4, 0.5) is 0 Å². The molecule has 0 unspecified atom stereocenters. The molecule has 0 aromatic carbocycles. The van der Waals surface area contributed by atoms with Crippen LogP contribution in [0.5, 0.6) is 0 Å². The number of hydrogen-bond donors (Lipinski definition) is 0. The lowest BCUT2D eigenvalue weighted by atomic mass is 9.53. The molecule has 7 nitrogen and oxygen atoms in total. The van der Waals surface area contributed by atoms with E-state index in [0.29, 0.717) is 11.1 Å². The molecule has 8 bridgehead atoms. The Labute approximate surface area is 171 Å². The Kier molecular flexibility index (Phi) is 3.86. The van der Waals surface area contributed by atoms with Gasteiger partial charge in [-0.15, -0.1) is 4.68 Å². The van der Waals surface area contributed by atoms with E-state index in [0.717, 1.165) is 35.5 Å². The molecule has 8 aliphatic carbocycles. The summed E-state index contributed by atoms with van der Waals surface area (Å²) in [4.78, 5) is 8.25. The zero-order valence-corrected chi connectivity index (χ0v) is 17.1. The summed E-state index contributed by atoms with van der Waals surface area (Å²) >= 11 is 0. The fourth-order valence-electron chi connectivity index (χ4n) is 9.51. The zero-order chi connectivity index (χ0) is 19.8. The molecule has 0 atom stereocenters. The van der Waals surface area contributed by atoms with Gasteiger partial charge in [-0.25, -0.2) is 4.57 Å². The molecule has 0 radical (unpaired) electrons. The lowest BCUT2D eigenvalue weighted by Crippen LogP contribution is -2.64. The summed E-state index contributed by atoms with van der Waals surface area (Å²) in [5.74, 6) is 6.06. The molecule has 1 aromatic heterocycles. The van der Waals surface area contributed by atoms with Crippen molar-refractivity contribution < 1.29 is 9.65 Å². The molecule has 158 valence electrons. The van der Waals surface area contributed by atoms with Gasteiger partial charge in [0.2, 0.25) is 6.33 Å².